The van der Waals surface area contributed by atoms with Gasteiger partial charge >= 0.3 is 0 Å². The average Bonchev–Trinajstić information content (AvgIpc) is 3.16. The predicted molar refractivity (Wildman–Crippen MR) is 132 cm³/mol. The molecule has 0 atom stereocenters. The maximum atomic E-state index is 5.06. The van der Waals surface area contributed by atoms with Gasteiger partial charge in [0.15, 0.2) is 0 Å². The van der Waals surface area contributed by atoms with Crippen LogP contribution in [0.5, 0.6) is 0 Å². The van der Waals surface area contributed by atoms with Crippen molar-refractivity contribution < 1.29 is 0 Å². The summed E-state index contributed by atoms with van der Waals surface area (Å²) in [5, 5.41) is 13.6. The van der Waals surface area contributed by atoms with Gasteiger partial charge in [0.1, 0.15) is 5.82 Å². The van der Waals surface area contributed by atoms with Gasteiger partial charge in [0.2, 0.25) is 0 Å². The summed E-state index contributed by atoms with van der Waals surface area (Å²) in [4.78, 5) is 0. The number of hydrogen-bond donors (Lipinski definition) is 2. The van der Waals surface area contributed by atoms with E-state index in [0.717, 1.165) is 52.7 Å². The van der Waals surface area contributed by atoms with Crippen molar-refractivity contribution in [3.05, 3.63) is 102 Å². The highest BCUT2D eigenvalue weighted by molar-refractivity contribution is 6.07. The number of anilines is 3. The van der Waals surface area contributed by atoms with E-state index in [0.29, 0.717) is 0 Å². The summed E-state index contributed by atoms with van der Waals surface area (Å²) in [6.45, 7) is 4.56. The van der Waals surface area contributed by atoms with Crippen LogP contribution in [0.3, 0.4) is 0 Å². The number of hydrogen-bond acceptors (Lipinski definition) is 4. The summed E-state index contributed by atoms with van der Waals surface area (Å²) in [5.41, 5.74) is 9.51. The summed E-state index contributed by atoms with van der Waals surface area (Å²) in [6, 6.07) is 30.6. The van der Waals surface area contributed by atoms with Gasteiger partial charge in [0.25, 0.3) is 0 Å². The topological polar surface area (TPSA) is 54.2 Å². The minimum absolute atomic E-state index is 0.0735. The van der Waals surface area contributed by atoms with Gasteiger partial charge in [-0.1, -0.05) is 68.4 Å². The molecule has 2 N–H and O–H groups in total. The van der Waals surface area contributed by atoms with Crippen molar-refractivity contribution in [2.45, 2.75) is 26.7 Å². The van der Waals surface area contributed by atoms with Crippen molar-refractivity contribution in [1.82, 2.24) is 9.78 Å². The third-order valence-corrected chi connectivity index (χ3v) is 5.67. The minimum atomic E-state index is 0.0735. The Morgan fingerprint density at radius 1 is 0.781 bits per heavy atom. The predicted octanol–water partition coefficient (Wildman–Crippen LogP) is 6.40. The molecule has 1 aliphatic rings. The van der Waals surface area contributed by atoms with Crippen LogP contribution in [0.1, 0.15) is 31.5 Å². The Balaban J connectivity index is 1.65. The summed E-state index contributed by atoms with van der Waals surface area (Å²) < 4.78 is 2.01. The lowest BCUT2D eigenvalue weighted by atomic mass is 9.75. The fourth-order valence-corrected chi connectivity index (χ4v) is 4.22. The number of aromatic nitrogens is 2. The zero-order valence-corrected chi connectivity index (χ0v) is 18.4. The molecule has 0 radical (unpaired) electrons. The zero-order valence-electron chi connectivity index (χ0n) is 18.4. The van der Waals surface area contributed by atoms with Crippen molar-refractivity contribution >= 4 is 22.9 Å². The molecule has 0 bridgehead atoms. The van der Waals surface area contributed by atoms with Gasteiger partial charge in [-0.05, 0) is 54.7 Å². The number of hydrazone groups is 1. The molecule has 32 heavy (non-hydrogen) atoms. The molecule has 1 aliphatic carbocycles. The number of rotatable bonds is 5. The Morgan fingerprint density at radius 3 is 2.03 bits per heavy atom. The van der Waals surface area contributed by atoms with Gasteiger partial charge in [-0.25, -0.2) is 4.68 Å². The molecule has 1 aromatic heterocycles. The lowest BCUT2D eigenvalue weighted by molar-refractivity contribution is 0.367. The lowest BCUT2D eigenvalue weighted by Gasteiger charge is -2.29. The Kier molecular flexibility index (Phi) is 5.23. The zero-order chi connectivity index (χ0) is 22.0. The standard InChI is InChI=1S/C27H27N5/c1-27(2)18-23(30-29-21-14-8-4-9-15-21)25-24(19-27)31-32(22-16-10-5-11-17-22)26(25)28-20-12-6-3-7-13-20/h3-17,28-29H,18-19H2,1-2H3. The maximum Gasteiger partial charge on any atom is 0.143 e. The summed E-state index contributed by atoms with van der Waals surface area (Å²) in [5.74, 6) is 0.946. The Bertz CT molecular complexity index is 1230. The fraction of sp³-hybridized carbons (Fsp3) is 0.185. The van der Waals surface area contributed by atoms with Crippen molar-refractivity contribution in [3.8, 4) is 5.69 Å². The Labute approximate surface area is 188 Å². The van der Waals surface area contributed by atoms with E-state index in [1.54, 1.807) is 0 Å². The average molecular weight is 422 g/mol. The highest BCUT2D eigenvalue weighted by Crippen LogP contribution is 2.39. The second kappa shape index (κ2) is 8.35. The fourth-order valence-electron chi connectivity index (χ4n) is 4.22. The molecule has 0 aliphatic heterocycles. The van der Waals surface area contributed by atoms with Crippen LogP contribution in [0.2, 0.25) is 0 Å². The first-order valence-corrected chi connectivity index (χ1v) is 11.0. The van der Waals surface area contributed by atoms with Crippen LogP contribution in [-0.2, 0) is 6.42 Å². The summed E-state index contributed by atoms with van der Waals surface area (Å²) >= 11 is 0. The quantitative estimate of drug-likeness (QED) is 0.366. The second-order valence-electron chi connectivity index (χ2n) is 8.96. The first-order valence-electron chi connectivity index (χ1n) is 11.0. The van der Waals surface area contributed by atoms with Gasteiger partial charge < -0.3 is 5.32 Å². The van der Waals surface area contributed by atoms with Crippen molar-refractivity contribution in [3.63, 3.8) is 0 Å². The Hall–Kier alpha value is -3.86. The minimum Gasteiger partial charge on any atom is -0.340 e. The smallest absolute Gasteiger partial charge is 0.143 e. The normalized spacial score (nSPS) is 15.9. The van der Waals surface area contributed by atoms with E-state index in [4.69, 9.17) is 10.2 Å². The van der Waals surface area contributed by atoms with Crippen molar-refractivity contribution in [1.29, 1.82) is 0 Å². The van der Waals surface area contributed by atoms with E-state index in [9.17, 15) is 0 Å². The van der Waals surface area contributed by atoms with Crippen LogP contribution >= 0.6 is 0 Å². The van der Waals surface area contributed by atoms with E-state index in [1.165, 1.54) is 0 Å². The van der Waals surface area contributed by atoms with Crippen molar-refractivity contribution in [2.24, 2.45) is 10.5 Å². The molecule has 0 fully saturated rings. The number of fused-ring (bicyclic) bond motifs is 1. The highest BCUT2D eigenvalue weighted by Gasteiger charge is 2.35. The second-order valence-corrected chi connectivity index (χ2v) is 8.96. The van der Waals surface area contributed by atoms with E-state index in [-0.39, 0.29) is 5.41 Å². The molecule has 1 heterocycles. The molecular formula is C27H27N5. The molecule has 4 aromatic rings. The van der Waals surface area contributed by atoms with Gasteiger partial charge in [-0.3, -0.25) is 5.43 Å². The van der Waals surface area contributed by atoms with E-state index >= 15 is 0 Å². The molecule has 0 spiro atoms. The van der Waals surface area contributed by atoms with Crippen LogP contribution in [0.15, 0.2) is 96.1 Å². The molecule has 0 unspecified atom stereocenters. The molecule has 0 saturated heterocycles. The van der Waals surface area contributed by atoms with Gasteiger partial charge in [0.05, 0.1) is 28.3 Å². The van der Waals surface area contributed by atoms with Crippen LogP contribution in [0.4, 0.5) is 17.2 Å². The molecule has 5 heteroatoms. The first kappa shape index (κ1) is 20.1. The lowest BCUT2D eigenvalue weighted by Crippen LogP contribution is -2.28. The third kappa shape index (κ3) is 4.14. The molecule has 3 aromatic carbocycles. The van der Waals surface area contributed by atoms with Crippen LogP contribution in [0.25, 0.3) is 5.69 Å². The number of benzene rings is 3. The maximum absolute atomic E-state index is 5.06. The highest BCUT2D eigenvalue weighted by atomic mass is 15.3. The molecule has 160 valence electrons. The van der Waals surface area contributed by atoms with Gasteiger partial charge in [0, 0.05) is 5.69 Å². The monoisotopic (exact) mass is 421 g/mol. The van der Waals surface area contributed by atoms with E-state index in [1.807, 2.05) is 71.4 Å². The van der Waals surface area contributed by atoms with Crippen LogP contribution < -0.4 is 10.7 Å². The van der Waals surface area contributed by atoms with Gasteiger partial charge in [-0.15, -0.1) is 0 Å². The molecule has 0 saturated carbocycles. The molecular weight excluding hydrogens is 394 g/mol. The van der Waals surface area contributed by atoms with Crippen molar-refractivity contribution in [2.75, 3.05) is 10.7 Å². The number of nitrogens with one attached hydrogen (secondary N) is 2. The SMILES string of the molecule is CC1(C)CC(=NNc2ccccc2)c2c(nn(-c3ccccc3)c2Nc2ccccc2)C1. The third-order valence-electron chi connectivity index (χ3n) is 5.67. The Morgan fingerprint density at radius 2 is 1.38 bits per heavy atom. The molecule has 5 nitrogen and oxygen atoms in total. The molecule has 0 amide bonds. The van der Waals surface area contributed by atoms with E-state index < -0.39 is 0 Å². The summed E-state index contributed by atoms with van der Waals surface area (Å²) in [7, 11) is 0. The first-order chi connectivity index (χ1) is 15.6. The number of nitrogens with zero attached hydrogens (tertiary/aromatic N) is 3. The van der Waals surface area contributed by atoms with Crippen LogP contribution in [-0.4, -0.2) is 15.5 Å². The van der Waals surface area contributed by atoms with Crippen LogP contribution in [0, 0.1) is 5.41 Å². The van der Waals surface area contributed by atoms with E-state index in [2.05, 4.69) is 48.9 Å². The molecule has 5 rings (SSSR count). The summed E-state index contributed by atoms with van der Waals surface area (Å²) in [6.07, 6.45) is 1.76. The van der Waals surface area contributed by atoms with Gasteiger partial charge in [-0.2, -0.15) is 10.2 Å². The number of para-hydroxylation sites is 3. The largest absolute Gasteiger partial charge is 0.340 e.